The fourth-order valence-corrected chi connectivity index (χ4v) is 4.18. The summed E-state index contributed by atoms with van der Waals surface area (Å²) in [6.45, 7) is 2.78. The van der Waals surface area contributed by atoms with Gasteiger partial charge in [-0.15, -0.1) is 0 Å². The minimum absolute atomic E-state index is 0.146. The number of furan rings is 1. The molecule has 1 saturated heterocycles. The Morgan fingerprint density at radius 2 is 1.88 bits per heavy atom. The first-order valence-electron chi connectivity index (χ1n) is 9.90. The summed E-state index contributed by atoms with van der Waals surface area (Å²) in [5, 5.41) is 3.19. The number of rotatable bonds is 8. The van der Waals surface area contributed by atoms with Crippen molar-refractivity contribution in [2.24, 2.45) is 5.92 Å². The highest BCUT2D eigenvalue weighted by Gasteiger charge is 2.34. The molecule has 4 rings (SSSR count). The molecule has 4 heteroatoms. The molecule has 1 aromatic carbocycles. The highest BCUT2D eigenvalue weighted by atomic mass is 16.3. The van der Waals surface area contributed by atoms with Crippen LogP contribution in [0.3, 0.4) is 0 Å². The maximum atomic E-state index is 12.7. The lowest BCUT2D eigenvalue weighted by atomic mass is 9.91. The Hall–Kier alpha value is -2.07. The summed E-state index contributed by atoms with van der Waals surface area (Å²) in [4.78, 5) is 15.1. The molecule has 0 spiro atoms. The molecule has 26 heavy (non-hydrogen) atoms. The van der Waals surface area contributed by atoms with Crippen molar-refractivity contribution in [3.63, 3.8) is 0 Å². The minimum Gasteiger partial charge on any atom is -0.468 e. The first kappa shape index (κ1) is 17.3. The number of hydrogen-bond donors (Lipinski definition) is 1. The molecule has 1 aromatic heterocycles. The van der Waals surface area contributed by atoms with E-state index >= 15 is 0 Å². The van der Waals surface area contributed by atoms with E-state index in [-0.39, 0.29) is 11.9 Å². The van der Waals surface area contributed by atoms with Crippen molar-refractivity contribution in [1.82, 2.24) is 10.2 Å². The van der Waals surface area contributed by atoms with E-state index in [2.05, 4.69) is 34.5 Å². The smallest absolute Gasteiger partial charge is 0.220 e. The topological polar surface area (TPSA) is 45.5 Å². The highest BCUT2D eigenvalue weighted by Crippen LogP contribution is 2.44. The van der Waals surface area contributed by atoms with E-state index in [1.54, 1.807) is 6.26 Å². The van der Waals surface area contributed by atoms with Gasteiger partial charge in [0, 0.05) is 13.0 Å². The quantitative estimate of drug-likeness (QED) is 0.777. The summed E-state index contributed by atoms with van der Waals surface area (Å²) in [6.07, 6.45) is 7.25. The van der Waals surface area contributed by atoms with Gasteiger partial charge in [-0.3, -0.25) is 9.69 Å². The predicted octanol–water partition coefficient (Wildman–Crippen LogP) is 4.12. The SMILES string of the molecule is O=C(CC(c1ccccc1)C1CC1)NCC(c1ccco1)N1CCCC1. The van der Waals surface area contributed by atoms with Crippen LogP contribution >= 0.6 is 0 Å². The van der Waals surface area contributed by atoms with Gasteiger partial charge in [-0.1, -0.05) is 30.3 Å². The molecule has 0 radical (unpaired) electrons. The van der Waals surface area contributed by atoms with Crippen molar-refractivity contribution in [3.8, 4) is 0 Å². The van der Waals surface area contributed by atoms with Crippen molar-refractivity contribution in [1.29, 1.82) is 0 Å². The van der Waals surface area contributed by atoms with Crippen LogP contribution in [0.2, 0.25) is 0 Å². The van der Waals surface area contributed by atoms with Gasteiger partial charge in [0.1, 0.15) is 5.76 Å². The fraction of sp³-hybridized carbons (Fsp3) is 0.500. The van der Waals surface area contributed by atoms with Gasteiger partial charge in [0.15, 0.2) is 0 Å². The molecule has 1 saturated carbocycles. The van der Waals surface area contributed by atoms with Gasteiger partial charge in [-0.25, -0.2) is 0 Å². The van der Waals surface area contributed by atoms with E-state index in [1.807, 2.05) is 18.2 Å². The van der Waals surface area contributed by atoms with Crippen LogP contribution < -0.4 is 5.32 Å². The number of carbonyl (C=O) groups is 1. The maximum absolute atomic E-state index is 12.7. The zero-order valence-corrected chi connectivity index (χ0v) is 15.3. The summed E-state index contributed by atoms with van der Waals surface area (Å²) in [7, 11) is 0. The number of hydrogen-bond acceptors (Lipinski definition) is 3. The van der Waals surface area contributed by atoms with Gasteiger partial charge in [0.05, 0.1) is 12.3 Å². The Bertz CT molecular complexity index is 688. The first-order chi connectivity index (χ1) is 12.8. The molecule has 2 atom stereocenters. The summed E-state index contributed by atoms with van der Waals surface area (Å²) >= 11 is 0. The van der Waals surface area contributed by atoms with E-state index in [4.69, 9.17) is 4.42 Å². The van der Waals surface area contributed by atoms with Crippen LogP contribution in [0.5, 0.6) is 0 Å². The normalized spacial score (nSPS) is 20.0. The summed E-state index contributed by atoms with van der Waals surface area (Å²) < 4.78 is 5.65. The highest BCUT2D eigenvalue weighted by molar-refractivity contribution is 5.77. The molecule has 2 aromatic rings. The molecule has 0 bridgehead atoms. The van der Waals surface area contributed by atoms with Crippen LogP contribution in [0.1, 0.15) is 55.4 Å². The molecule has 1 aliphatic heterocycles. The van der Waals surface area contributed by atoms with E-state index < -0.39 is 0 Å². The van der Waals surface area contributed by atoms with Crippen LogP contribution in [-0.2, 0) is 4.79 Å². The van der Waals surface area contributed by atoms with Crippen molar-refractivity contribution < 1.29 is 9.21 Å². The molecule has 2 fully saturated rings. The molecule has 4 nitrogen and oxygen atoms in total. The fourth-order valence-electron chi connectivity index (χ4n) is 4.18. The van der Waals surface area contributed by atoms with Crippen molar-refractivity contribution in [3.05, 3.63) is 60.1 Å². The van der Waals surface area contributed by atoms with Gasteiger partial charge in [0.2, 0.25) is 5.91 Å². The summed E-state index contributed by atoms with van der Waals surface area (Å²) in [5.74, 6) is 2.13. The van der Waals surface area contributed by atoms with E-state index in [0.29, 0.717) is 24.8 Å². The average Bonchev–Trinajstić information content (AvgIpc) is 3.12. The van der Waals surface area contributed by atoms with Crippen LogP contribution in [0.4, 0.5) is 0 Å². The summed E-state index contributed by atoms with van der Waals surface area (Å²) in [6, 6.07) is 14.6. The average molecular weight is 352 g/mol. The zero-order chi connectivity index (χ0) is 17.8. The number of nitrogens with zero attached hydrogens (tertiary/aromatic N) is 1. The van der Waals surface area contributed by atoms with E-state index in [9.17, 15) is 4.79 Å². The Morgan fingerprint density at radius 3 is 2.54 bits per heavy atom. The van der Waals surface area contributed by atoms with E-state index in [0.717, 1.165) is 18.8 Å². The van der Waals surface area contributed by atoms with E-state index in [1.165, 1.54) is 31.2 Å². The standard InChI is InChI=1S/C22H28N2O2/c25-22(15-19(18-10-11-18)17-7-2-1-3-8-17)23-16-20(21-9-6-14-26-21)24-12-4-5-13-24/h1-3,6-9,14,18-20H,4-5,10-13,15-16H2,(H,23,25). The van der Waals surface area contributed by atoms with Gasteiger partial charge >= 0.3 is 0 Å². The number of likely N-dealkylation sites (tertiary alicyclic amines) is 1. The Balaban J connectivity index is 1.37. The molecular formula is C22H28N2O2. The molecule has 2 unspecified atom stereocenters. The molecular weight excluding hydrogens is 324 g/mol. The Morgan fingerprint density at radius 1 is 1.12 bits per heavy atom. The second kappa shape index (κ2) is 8.09. The molecule has 1 aliphatic carbocycles. The van der Waals surface area contributed by atoms with Crippen molar-refractivity contribution in [2.45, 2.75) is 44.1 Å². The second-order valence-corrected chi connectivity index (χ2v) is 7.64. The lowest BCUT2D eigenvalue weighted by Crippen LogP contribution is -2.37. The lowest BCUT2D eigenvalue weighted by molar-refractivity contribution is -0.121. The van der Waals surface area contributed by atoms with Crippen molar-refractivity contribution in [2.75, 3.05) is 19.6 Å². The first-order valence-corrected chi connectivity index (χ1v) is 9.90. The van der Waals surface area contributed by atoms with Crippen molar-refractivity contribution >= 4 is 5.91 Å². The minimum atomic E-state index is 0.146. The second-order valence-electron chi connectivity index (χ2n) is 7.64. The molecule has 2 heterocycles. The third-order valence-electron chi connectivity index (χ3n) is 5.77. The molecule has 138 valence electrons. The molecule has 2 aliphatic rings. The monoisotopic (exact) mass is 352 g/mol. The number of amides is 1. The molecule has 1 N–H and O–H groups in total. The van der Waals surface area contributed by atoms with Gasteiger partial charge in [-0.2, -0.15) is 0 Å². The Labute approximate surface area is 155 Å². The Kier molecular flexibility index (Phi) is 5.40. The summed E-state index contributed by atoms with van der Waals surface area (Å²) in [5.41, 5.74) is 1.30. The van der Waals surface area contributed by atoms with Crippen LogP contribution in [-0.4, -0.2) is 30.4 Å². The zero-order valence-electron chi connectivity index (χ0n) is 15.3. The number of carbonyl (C=O) groups excluding carboxylic acids is 1. The largest absolute Gasteiger partial charge is 0.468 e. The lowest BCUT2D eigenvalue weighted by Gasteiger charge is -2.26. The number of nitrogens with one attached hydrogen (secondary N) is 1. The third-order valence-corrected chi connectivity index (χ3v) is 5.77. The third kappa shape index (κ3) is 4.18. The van der Waals surface area contributed by atoms with Gasteiger partial charge in [0.25, 0.3) is 0 Å². The predicted molar refractivity (Wildman–Crippen MR) is 102 cm³/mol. The molecule has 1 amide bonds. The van der Waals surface area contributed by atoms with Gasteiger partial charge < -0.3 is 9.73 Å². The maximum Gasteiger partial charge on any atom is 0.220 e. The van der Waals surface area contributed by atoms with Crippen LogP contribution in [0, 0.1) is 5.92 Å². The number of benzene rings is 1. The van der Waals surface area contributed by atoms with Crippen LogP contribution in [0.15, 0.2) is 53.1 Å². The van der Waals surface area contributed by atoms with Gasteiger partial charge in [-0.05, 0) is 68.3 Å². The van der Waals surface area contributed by atoms with Crippen LogP contribution in [0.25, 0.3) is 0 Å².